The highest BCUT2D eigenvalue weighted by Crippen LogP contribution is 2.18. The van der Waals surface area contributed by atoms with Gasteiger partial charge in [0.2, 0.25) is 17.8 Å². The average Bonchev–Trinajstić information content (AvgIpc) is 3.42. The number of piperazine rings is 1. The van der Waals surface area contributed by atoms with Gasteiger partial charge in [0.05, 0.1) is 31.1 Å². The van der Waals surface area contributed by atoms with Crippen LogP contribution < -0.4 is 20.4 Å². The SMILES string of the molecule is Fc1ccc(Cc2cnc(N3CCN(c4ncnc(Nc5cnn(C[C@@H]6CNCCO6)c5)n4)CC3)nc2)cc1. The molecule has 0 unspecified atom stereocenters. The zero-order valence-electron chi connectivity index (χ0n) is 21.4. The minimum atomic E-state index is -0.236. The Morgan fingerprint density at radius 2 is 1.69 bits per heavy atom. The smallest absolute Gasteiger partial charge is 0.232 e. The first kappa shape index (κ1) is 25.1. The molecular weight excluding hydrogens is 501 g/mol. The lowest BCUT2D eigenvalue weighted by atomic mass is 10.1. The first-order valence-electron chi connectivity index (χ1n) is 13.0. The summed E-state index contributed by atoms with van der Waals surface area (Å²) >= 11 is 0. The minimum absolute atomic E-state index is 0.110. The number of hydrogen-bond acceptors (Lipinski definition) is 11. The Bertz CT molecular complexity index is 1350. The first-order valence-corrected chi connectivity index (χ1v) is 13.0. The molecule has 12 nitrogen and oxygen atoms in total. The van der Waals surface area contributed by atoms with E-state index in [9.17, 15) is 4.39 Å². The highest BCUT2D eigenvalue weighted by atomic mass is 19.1. The van der Waals surface area contributed by atoms with Crippen molar-refractivity contribution in [2.24, 2.45) is 0 Å². The van der Waals surface area contributed by atoms with Crippen LogP contribution >= 0.6 is 0 Å². The summed E-state index contributed by atoms with van der Waals surface area (Å²) in [6.07, 6.45) is 9.64. The van der Waals surface area contributed by atoms with Crippen LogP contribution in [0.4, 0.5) is 27.9 Å². The number of anilines is 4. The van der Waals surface area contributed by atoms with Gasteiger partial charge in [-0.1, -0.05) is 12.1 Å². The molecule has 13 heteroatoms. The van der Waals surface area contributed by atoms with Crippen LogP contribution in [0.2, 0.25) is 0 Å². The standard InChI is InChI=1S/C26H30FN11O/c27-21-3-1-19(2-4-21)11-20-12-29-25(30-13-20)36-6-8-37(9-7-36)26-32-18-31-24(35-26)34-22-14-33-38(16-22)17-23-15-28-5-10-39-23/h1-4,12-14,16,18,23,28H,5-11,15,17H2,(H,31,32,34,35)/t23-/m0/s1. The maximum absolute atomic E-state index is 13.1. The fraction of sp³-hybridized carbons (Fsp3) is 0.385. The molecule has 5 heterocycles. The van der Waals surface area contributed by atoms with Crippen LogP contribution in [-0.4, -0.2) is 86.7 Å². The van der Waals surface area contributed by atoms with E-state index >= 15 is 0 Å². The molecule has 0 saturated carbocycles. The molecule has 39 heavy (non-hydrogen) atoms. The molecule has 2 saturated heterocycles. The van der Waals surface area contributed by atoms with Gasteiger partial charge in [-0.15, -0.1) is 0 Å². The summed E-state index contributed by atoms with van der Waals surface area (Å²) < 4.78 is 20.8. The zero-order chi connectivity index (χ0) is 26.4. The Kier molecular flexibility index (Phi) is 7.50. The molecule has 1 atom stereocenters. The monoisotopic (exact) mass is 531 g/mol. The van der Waals surface area contributed by atoms with Gasteiger partial charge in [0.25, 0.3) is 0 Å². The number of aromatic nitrogens is 7. The van der Waals surface area contributed by atoms with E-state index in [2.05, 4.69) is 50.5 Å². The second-order valence-corrected chi connectivity index (χ2v) is 9.55. The predicted octanol–water partition coefficient (Wildman–Crippen LogP) is 1.65. The topological polar surface area (TPSA) is 122 Å². The number of halogens is 1. The van der Waals surface area contributed by atoms with E-state index < -0.39 is 0 Å². The Morgan fingerprint density at radius 1 is 0.923 bits per heavy atom. The maximum atomic E-state index is 13.1. The van der Waals surface area contributed by atoms with Gasteiger partial charge in [0.1, 0.15) is 12.1 Å². The quantitative estimate of drug-likeness (QED) is 0.345. The summed E-state index contributed by atoms with van der Waals surface area (Å²) in [5.41, 5.74) is 2.81. The summed E-state index contributed by atoms with van der Waals surface area (Å²) in [6, 6.07) is 6.50. The molecule has 4 aromatic rings. The van der Waals surface area contributed by atoms with Gasteiger partial charge < -0.3 is 25.2 Å². The molecular formula is C26H30FN11O. The van der Waals surface area contributed by atoms with Crippen molar-refractivity contribution in [1.29, 1.82) is 0 Å². The lowest BCUT2D eigenvalue weighted by Gasteiger charge is -2.34. The second kappa shape index (κ2) is 11.7. The molecule has 1 aromatic carbocycles. The van der Waals surface area contributed by atoms with E-state index in [1.807, 2.05) is 23.3 Å². The van der Waals surface area contributed by atoms with Crippen molar-refractivity contribution >= 4 is 23.5 Å². The van der Waals surface area contributed by atoms with E-state index in [0.29, 0.717) is 30.8 Å². The number of ether oxygens (including phenoxy) is 1. The largest absolute Gasteiger partial charge is 0.374 e. The molecule has 0 amide bonds. The van der Waals surface area contributed by atoms with E-state index in [0.717, 1.165) is 62.7 Å². The summed E-state index contributed by atoms with van der Waals surface area (Å²) in [4.78, 5) is 26.7. The summed E-state index contributed by atoms with van der Waals surface area (Å²) in [6.45, 7) is 6.07. The maximum Gasteiger partial charge on any atom is 0.232 e. The van der Waals surface area contributed by atoms with Crippen LogP contribution in [0.15, 0.2) is 55.4 Å². The molecule has 2 aliphatic rings. The third-order valence-electron chi connectivity index (χ3n) is 6.70. The van der Waals surface area contributed by atoms with Crippen molar-refractivity contribution in [2.45, 2.75) is 19.1 Å². The average molecular weight is 532 g/mol. The van der Waals surface area contributed by atoms with Gasteiger partial charge in [-0.05, 0) is 23.3 Å². The third kappa shape index (κ3) is 6.44. The van der Waals surface area contributed by atoms with Crippen molar-refractivity contribution in [3.05, 3.63) is 72.3 Å². The van der Waals surface area contributed by atoms with Crippen LogP contribution in [0.25, 0.3) is 0 Å². The normalized spacial score (nSPS) is 17.8. The van der Waals surface area contributed by atoms with Crippen LogP contribution in [-0.2, 0) is 17.7 Å². The van der Waals surface area contributed by atoms with Crippen LogP contribution in [0, 0.1) is 5.82 Å². The number of hydrogen-bond donors (Lipinski definition) is 2. The fourth-order valence-corrected chi connectivity index (χ4v) is 4.65. The van der Waals surface area contributed by atoms with Crippen molar-refractivity contribution in [1.82, 2.24) is 40.0 Å². The first-order chi connectivity index (χ1) is 19.2. The van der Waals surface area contributed by atoms with Crippen molar-refractivity contribution < 1.29 is 9.13 Å². The minimum Gasteiger partial charge on any atom is -0.374 e. The molecule has 0 spiro atoms. The Morgan fingerprint density at radius 3 is 2.44 bits per heavy atom. The predicted molar refractivity (Wildman–Crippen MR) is 144 cm³/mol. The summed E-state index contributed by atoms with van der Waals surface area (Å²) in [5, 5.41) is 11.0. The molecule has 6 rings (SSSR count). The Balaban J connectivity index is 1.01. The summed E-state index contributed by atoms with van der Waals surface area (Å²) in [5.74, 6) is 1.55. The van der Waals surface area contributed by atoms with Crippen LogP contribution in [0.1, 0.15) is 11.1 Å². The van der Waals surface area contributed by atoms with Crippen LogP contribution in [0.3, 0.4) is 0 Å². The van der Waals surface area contributed by atoms with Crippen molar-refractivity contribution in [2.75, 3.05) is 61.0 Å². The molecule has 0 radical (unpaired) electrons. The van der Waals surface area contributed by atoms with Crippen molar-refractivity contribution in [3.8, 4) is 0 Å². The van der Waals surface area contributed by atoms with Gasteiger partial charge >= 0.3 is 0 Å². The highest BCUT2D eigenvalue weighted by Gasteiger charge is 2.21. The fourth-order valence-electron chi connectivity index (χ4n) is 4.65. The van der Waals surface area contributed by atoms with Gasteiger partial charge in [-0.25, -0.2) is 24.3 Å². The Labute approximate surface area is 225 Å². The van der Waals surface area contributed by atoms with Gasteiger partial charge in [0.15, 0.2) is 0 Å². The van der Waals surface area contributed by atoms with Crippen LogP contribution in [0.5, 0.6) is 0 Å². The molecule has 2 fully saturated rings. The molecule has 2 N–H and O–H groups in total. The van der Waals surface area contributed by atoms with E-state index in [-0.39, 0.29) is 11.9 Å². The number of nitrogens with zero attached hydrogens (tertiary/aromatic N) is 9. The second-order valence-electron chi connectivity index (χ2n) is 9.55. The highest BCUT2D eigenvalue weighted by molar-refractivity contribution is 5.51. The molecule has 3 aromatic heterocycles. The number of benzene rings is 1. The number of nitrogens with one attached hydrogen (secondary N) is 2. The van der Waals surface area contributed by atoms with E-state index in [4.69, 9.17) is 4.74 Å². The number of morpholine rings is 1. The lowest BCUT2D eigenvalue weighted by molar-refractivity contribution is 0.0161. The van der Waals surface area contributed by atoms with Crippen molar-refractivity contribution in [3.63, 3.8) is 0 Å². The van der Waals surface area contributed by atoms with Gasteiger partial charge in [0, 0.05) is 64.3 Å². The molecule has 2 aliphatic heterocycles. The molecule has 0 aliphatic carbocycles. The molecule has 0 bridgehead atoms. The van der Waals surface area contributed by atoms with Gasteiger partial charge in [-0.3, -0.25) is 4.68 Å². The summed E-state index contributed by atoms with van der Waals surface area (Å²) in [7, 11) is 0. The Hall–Kier alpha value is -4.23. The van der Waals surface area contributed by atoms with E-state index in [1.165, 1.54) is 18.5 Å². The third-order valence-corrected chi connectivity index (χ3v) is 6.70. The van der Waals surface area contributed by atoms with E-state index in [1.54, 1.807) is 18.3 Å². The molecule has 202 valence electrons. The number of rotatable bonds is 8. The lowest BCUT2D eigenvalue weighted by Crippen LogP contribution is -2.47. The van der Waals surface area contributed by atoms with Gasteiger partial charge in [-0.2, -0.15) is 10.1 Å². The zero-order valence-corrected chi connectivity index (χ0v) is 21.4.